The van der Waals surface area contributed by atoms with Gasteiger partial charge in [-0.1, -0.05) is 35.0 Å². The van der Waals surface area contributed by atoms with E-state index in [2.05, 4.69) is 15.5 Å². The average molecular weight is 376 g/mol. The second-order valence-corrected chi connectivity index (χ2v) is 7.81. The molecular formula is C16H16N4O3S2. The Morgan fingerprint density at radius 1 is 1.36 bits per heavy atom. The number of aromatic nitrogens is 3. The first-order valence-corrected chi connectivity index (χ1v) is 9.63. The van der Waals surface area contributed by atoms with Gasteiger partial charge in [0.05, 0.1) is 10.1 Å². The molecule has 3 heterocycles. The summed E-state index contributed by atoms with van der Waals surface area (Å²) < 4.78 is 8.11. The van der Waals surface area contributed by atoms with Gasteiger partial charge in [0, 0.05) is 19.6 Å². The molecule has 1 aromatic carbocycles. The molecule has 1 aliphatic heterocycles. The highest BCUT2D eigenvalue weighted by atomic mass is 32.1. The lowest BCUT2D eigenvalue weighted by atomic mass is 10.2. The fraction of sp³-hybridized carbons (Fsp3) is 0.375. The summed E-state index contributed by atoms with van der Waals surface area (Å²) >= 11 is 2.72. The topological polar surface area (TPSA) is 86.1 Å². The largest absolute Gasteiger partial charge is 0.371 e. The number of amides is 1. The van der Waals surface area contributed by atoms with Crippen molar-refractivity contribution in [3.05, 3.63) is 39.6 Å². The maximum atomic E-state index is 12.3. The van der Waals surface area contributed by atoms with Gasteiger partial charge in [0.25, 0.3) is 5.56 Å². The number of fused-ring (bicyclic) bond motifs is 1. The second kappa shape index (κ2) is 7.03. The Hall–Kier alpha value is -2.10. The summed E-state index contributed by atoms with van der Waals surface area (Å²) in [5.74, 6) is -0.181. The van der Waals surface area contributed by atoms with Crippen LogP contribution in [0.15, 0.2) is 29.1 Å². The molecule has 0 saturated carbocycles. The zero-order chi connectivity index (χ0) is 17.2. The van der Waals surface area contributed by atoms with Crippen LogP contribution < -0.4 is 10.9 Å². The Bertz CT molecular complexity index is 956. The highest BCUT2D eigenvalue weighted by Crippen LogP contribution is 2.31. The van der Waals surface area contributed by atoms with Gasteiger partial charge in [0.15, 0.2) is 0 Å². The summed E-state index contributed by atoms with van der Waals surface area (Å²) in [6.45, 7) is 1.09. The fourth-order valence-electron chi connectivity index (χ4n) is 2.74. The van der Waals surface area contributed by atoms with Gasteiger partial charge in [-0.25, -0.2) is 0 Å². The normalized spacial score (nSPS) is 17.2. The van der Waals surface area contributed by atoms with Crippen molar-refractivity contribution in [3.63, 3.8) is 0 Å². The summed E-state index contributed by atoms with van der Waals surface area (Å²) in [6, 6.07) is 7.45. The summed E-state index contributed by atoms with van der Waals surface area (Å²) in [7, 11) is 0. The molecule has 2 aromatic heterocycles. The predicted molar refractivity (Wildman–Crippen MR) is 97.2 cm³/mol. The van der Waals surface area contributed by atoms with Gasteiger partial charge in [0.2, 0.25) is 11.0 Å². The molecule has 1 fully saturated rings. The van der Waals surface area contributed by atoms with Crippen LogP contribution in [0.25, 0.3) is 10.1 Å². The molecule has 1 N–H and O–H groups in total. The first kappa shape index (κ1) is 16.4. The number of benzene rings is 1. The lowest BCUT2D eigenvalue weighted by molar-refractivity contribution is -0.116. The van der Waals surface area contributed by atoms with Crippen molar-refractivity contribution in [1.82, 2.24) is 14.2 Å². The van der Waals surface area contributed by atoms with Crippen LogP contribution in [0.4, 0.5) is 5.13 Å². The van der Waals surface area contributed by atoms with Crippen LogP contribution in [0.5, 0.6) is 0 Å². The Kier molecular flexibility index (Phi) is 4.60. The molecule has 9 heteroatoms. The van der Waals surface area contributed by atoms with E-state index in [1.807, 2.05) is 18.2 Å². The number of hydrogen-bond acceptors (Lipinski definition) is 7. The van der Waals surface area contributed by atoms with E-state index < -0.39 is 0 Å². The van der Waals surface area contributed by atoms with Gasteiger partial charge < -0.3 is 10.1 Å². The highest BCUT2D eigenvalue weighted by Gasteiger charge is 2.22. The van der Waals surface area contributed by atoms with Crippen molar-refractivity contribution in [2.24, 2.45) is 0 Å². The third kappa shape index (κ3) is 3.48. The standard InChI is InChI=1S/C16H16N4O3S2/c21-13(17-16-19-18-14(24-16)11-5-3-9-23-11)7-8-20-15(22)10-4-1-2-6-12(10)25-20/h1-2,4,6,11H,3,5,7-9H2,(H,17,19,21)/t11-/m0/s1. The van der Waals surface area contributed by atoms with Crippen LogP contribution in [0.1, 0.15) is 30.4 Å². The molecule has 0 bridgehead atoms. The first-order valence-electron chi connectivity index (χ1n) is 8.04. The van der Waals surface area contributed by atoms with E-state index >= 15 is 0 Å². The Balaban J connectivity index is 1.37. The second-order valence-electron chi connectivity index (χ2n) is 5.74. The molecule has 25 heavy (non-hydrogen) atoms. The summed E-state index contributed by atoms with van der Waals surface area (Å²) in [4.78, 5) is 24.4. The minimum absolute atomic E-state index is 0.000257. The summed E-state index contributed by atoms with van der Waals surface area (Å²) in [6.07, 6.45) is 2.18. The molecule has 130 valence electrons. The minimum Gasteiger partial charge on any atom is -0.371 e. The van der Waals surface area contributed by atoms with Crippen LogP contribution in [0, 0.1) is 0 Å². The third-order valence-corrected chi connectivity index (χ3v) is 6.04. The lowest BCUT2D eigenvalue weighted by Crippen LogP contribution is -2.18. The maximum Gasteiger partial charge on any atom is 0.268 e. The van der Waals surface area contributed by atoms with Gasteiger partial charge in [-0.15, -0.1) is 10.2 Å². The average Bonchev–Trinajstić information content (AvgIpc) is 3.34. The molecule has 0 unspecified atom stereocenters. The molecule has 1 atom stereocenters. The molecule has 0 spiro atoms. The van der Waals surface area contributed by atoms with Crippen LogP contribution in [0.2, 0.25) is 0 Å². The van der Waals surface area contributed by atoms with Crippen LogP contribution in [-0.2, 0) is 16.1 Å². The molecule has 4 rings (SSSR count). The van der Waals surface area contributed by atoms with Gasteiger partial charge in [0.1, 0.15) is 11.1 Å². The Morgan fingerprint density at radius 2 is 2.24 bits per heavy atom. The van der Waals surface area contributed by atoms with Crippen molar-refractivity contribution in [3.8, 4) is 0 Å². The summed E-state index contributed by atoms with van der Waals surface area (Å²) in [5, 5.41) is 12.8. The zero-order valence-corrected chi connectivity index (χ0v) is 14.9. The number of carbonyl (C=O) groups is 1. The van der Waals surface area contributed by atoms with Crippen molar-refractivity contribution in [1.29, 1.82) is 0 Å². The quantitative estimate of drug-likeness (QED) is 0.740. The third-order valence-electron chi connectivity index (χ3n) is 3.99. The summed E-state index contributed by atoms with van der Waals surface area (Å²) in [5.41, 5.74) is -0.0509. The number of aryl methyl sites for hydroxylation is 1. The van der Waals surface area contributed by atoms with Crippen LogP contribution >= 0.6 is 22.9 Å². The predicted octanol–water partition coefficient (Wildman–Crippen LogP) is 2.79. The van der Waals surface area contributed by atoms with Crippen molar-refractivity contribution in [2.45, 2.75) is 31.9 Å². The highest BCUT2D eigenvalue weighted by molar-refractivity contribution is 7.15. The van der Waals surface area contributed by atoms with E-state index in [1.165, 1.54) is 22.9 Å². The van der Waals surface area contributed by atoms with Crippen molar-refractivity contribution >= 4 is 44.0 Å². The molecular weight excluding hydrogens is 360 g/mol. The zero-order valence-electron chi connectivity index (χ0n) is 13.3. The van der Waals surface area contributed by atoms with Gasteiger partial charge in [-0.2, -0.15) is 0 Å². The van der Waals surface area contributed by atoms with E-state index in [0.29, 0.717) is 17.1 Å². The van der Waals surface area contributed by atoms with Gasteiger partial charge >= 0.3 is 0 Å². The Labute approximate surface area is 151 Å². The molecule has 0 radical (unpaired) electrons. The van der Waals surface area contributed by atoms with E-state index in [4.69, 9.17) is 4.74 Å². The Morgan fingerprint density at radius 3 is 3.04 bits per heavy atom. The lowest BCUT2D eigenvalue weighted by Gasteiger charge is -2.02. The van der Waals surface area contributed by atoms with Crippen LogP contribution in [-0.4, -0.2) is 26.7 Å². The maximum absolute atomic E-state index is 12.3. The van der Waals surface area contributed by atoms with Gasteiger partial charge in [-0.05, 0) is 25.0 Å². The van der Waals surface area contributed by atoms with E-state index in [0.717, 1.165) is 29.2 Å². The number of nitrogens with one attached hydrogen (secondary N) is 1. The number of anilines is 1. The minimum atomic E-state index is -0.181. The van der Waals surface area contributed by atoms with Crippen molar-refractivity contribution < 1.29 is 9.53 Å². The number of rotatable bonds is 5. The number of nitrogens with zero attached hydrogens (tertiary/aromatic N) is 3. The molecule has 1 amide bonds. The smallest absolute Gasteiger partial charge is 0.268 e. The number of carbonyl (C=O) groups excluding carboxylic acids is 1. The molecule has 1 saturated heterocycles. The monoisotopic (exact) mass is 376 g/mol. The SMILES string of the molecule is O=C(CCn1sc2ccccc2c1=O)Nc1nnc([C@@H]2CCCO2)s1. The van der Waals surface area contributed by atoms with Gasteiger partial charge in [-0.3, -0.25) is 13.5 Å². The number of ether oxygens (including phenoxy) is 1. The van der Waals surface area contributed by atoms with E-state index in [1.54, 1.807) is 10.0 Å². The van der Waals surface area contributed by atoms with E-state index in [9.17, 15) is 9.59 Å². The van der Waals surface area contributed by atoms with Crippen LogP contribution in [0.3, 0.4) is 0 Å². The van der Waals surface area contributed by atoms with E-state index in [-0.39, 0.29) is 24.0 Å². The molecule has 0 aliphatic carbocycles. The first-order chi connectivity index (χ1) is 12.2. The molecule has 1 aliphatic rings. The number of hydrogen-bond donors (Lipinski definition) is 1. The molecule has 7 nitrogen and oxygen atoms in total. The molecule has 3 aromatic rings. The fourth-order valence-corrected chi connectivity index (χ4v) is 4.58. The van der Waals surface area contributed by atoms with Crippen molar-refractivity contribution in [2.75, 3.05) is 11.9 Å².